The largest absolute Gasteiger partial charge is 0.494 e. The number of aryl methyl sites for hydroxylation is 2. The van der Waals surface area contributed by atoms with Crippen molar-refractivity contribution in [1.82, 2.24) is 14.5 Å². The molecule has 0 saturated carbocycles. The zero-order chi connectivity index (χ0) is 22.9. The molecule has 3 aromatic carbocycles. The summed E-state index contributed by atoms with van der Waals surface area (Å²) in [5, 5.41) is 20.5. The Labute approximate surface area is 188 Å². The van der Waals surface area contributed by atoms with Crippen LogP contribution in [0.3, 0.4) is 0 Å². The Hall–Kier alpha value is -4.52. The summed E-state index contributed by atoms with van der Waals surface area (Å²) in [6.07, 6.45) is 0.603. The smallest absolute Gasteiger partial charge is 0.335 e. The molecule has 2 aromatic heterocycles. The van der Waals surface area contributed by atoms with Gasteiger partial charge in [-0.15, -0.1) is 0 Å². The van der Waals surface area contributed by atoms with Crippen LogP contribution >= 0.6 is 0 Å². The first-order chi connectivity index (χ1) is 16.0. The van der Waals surface area contributed by atoms with E-state index in [2.05, 4.69) is 9.97 Å². The summed E-state index contributed by atoms with van der Waals surface area (Å²) in [7, 11) is 0. The SMILES string of the molecule is O=C(O)c1ccc2nc3c(C(=O)c4ccccc4)c(O)n(CCc4ccccc4)c3nc2c1. The summed E-state index contributed by atoms with van der Waals surface area (Å²) in [6, 6.07) is 22.9. The number of hydrogen-bond donors (Lipinski definition) is 2. The van der Waals surface area contributed by atoms with Gasteiger partial charge in [0.05, 0.1) is 16.6 Å². The van der Waals surface area contributed by atoms with E-state index in [4.69, 9.17) is 0 Å². The number of ketones is 1. The second kappa shape index (κ2) is 8.20. The van der Waals surface area contributed by atoms with Gasteiger partial charge in [-0.3, -0.25) is 9.36 Å². The van der Waals surface area contributed by atoms with Crippen LogP contribution in [-0.2, 0) is 13.0 Å². The fraction of sp³-hybridized carbons (Fsp3) is 0.0769. The van der Waals surface area contributed by atoms with E-state index in [1.165, 1.54) is 12.1 Å². The monoisotopic (exact) mass is 437 g/mol. The van der Waals surface area contributed by atoms with Gasteiger partial charge in [0.25, 0.3) is 0 Å². The zero-order valence-electron chi connectivity index (χ0n) is 17.5. The highest BCUT2D eigenvalue weighted by Gasteiger charge is 2.26. The molecule has 7 nitrogen and oxygen atoms in total. The average molecular weight is 437 g/mol. The van der Waals surface area contributed by atoms with E-state index < -0.39 is 5.97 Å². The van der Waals surface area contributed by atoms with Crippen molar-refractivity contribution in [2.75, 3.05) is 0 Å². The van der Waals surface area contributed by atoms with Crippen molar-refractivity contribution in [1.29, 1.82) is 0 Å². The third-order valence-corrected chi connectivity index (χ3v) is 5.59. The molecule has 5 aromatic rings. The first kappa shape index (κ1) is 20.4. The minimum atomic E-state index is -1.07. The van der Waals surface area contributed by atoms with Crippen molar-refractivity contribution in [3.05, 3.63) is 101 Å². The Bertz CT molecular complexity index is 1510. The molecule has 0 aliphatic rings. The van der Waals surface area contributed by atoms with Gasteiger partial charge in [0.2, 0.25) is 11.7 Å². The molecule has 0 aliphatic carbocycles. The summed E-state index contributed by atoms with van der Waals surface area (Å²) >= 11 is 0. The van der Waals surface area contributed by atoms with Crippen LogP contribution in [0, 0.1) is 0 Å². The predicted molar refractivity (Wildman–Crippen MR) is 124 cm³/mol. The molecule has 162 valence electrons. The number of hydrogen-bond acceptors (Lipinski definition) is 5. The van der Waals surface area contributed by atoms with Crippen molar-refractivity contribution >= 4 is 33.9 Å². The van der Waals surface area contributed by atoms with E-state index in [-0.39, 0.29) is 28.3 Å². The van der Waals surface area contributed by atoms with Crippen LogP contribution < -0.4 is 0 Å². The molecule has 2 N–H and O–H groups in total. The van der Waals surface area contributed by atoms with Crippen LogP contribution in [0.5, 0.6) is 5.88 Å². The topological polar surface area (TPSA) is 105 Å². The molecule has 0 bridgehead atoms. The first-order valence-electron chi connectivity index (χ1n) is 10.4. The number of benzene rings is 3. The Morgan fingerprint density at radius 2 is 1.52 bits per heavy atom. The fourth-order valence-corrected chi connectivity index (χ4v) is 3.92. The Morgan fingerprint density at radius 1 is 0.818 bits per heavy atom. The molecule has 0 spiro atoms. The van der Waals surface area contributed by atoms with Crippen LogP contribution in [0.1, 0.15) is 31.8 Å². The maximum Gasteiger partial charge on any atom is 0.335 e. The number of rotatable bonds is 6. The third kappa shape index (κ3) is 3.70. The van der Waals surface area contributed by atoms with Crippen molar-refractivity contribution < 1.29 is 19.8 Å². The summed E-state index contributed by atoms with van der Waals surface area (Å²) in [5.41, 5.74) is 3.09. The number of aromatic hydroxyl groups is 1. The van der Waals surface area contributed by atoms with Crippen LogP contribution in [0.4, 0.5) is 0 Å². The molecule has 0 atom stereocenters. The van der Waals surface area contributed by atoms with Gasteiger partial charge >= 0.3 is 5.97 Å². The third-order valence-electron chi connectivity index (χ3n) is 5.59. The van der Waals surface area contributed by atoms with Gasteiger partial charge in [0.1, 0.15) is 11.1 Å². The van der Waals surface area contributed by atoms with Crippen molar-refractivity contribution in [3.63, 3.8) is 0 Å². The van der Waals surface area contributed by atoms with E-state index in [1.807, 2.05) is 36.4 Å². The highest BCUT2D eigenvalue weighted by molar-refractivity contribution is 6.17. The average Bonchev–Trinajstić information content (AvgIpc) is 3.11. The molecule has 0 aliphatic heterocycles. The number of carboxylic acid groups (broad SMARTS) is 1. The molecule has 0 amide bonds. The highest BCUT2D eigenvalue weighted by Crippen LogP contribution is 2.33. The number of carboxylic acids is 1. The predicted octanol–water partition coefficient (Wildman–Crippen LogP) is 4.46. The summed E-state index contributed by atoms with van der Waals surface area (Å²) < 4.78 is 1.57. The quantitative estimate of drug-likeness (QED) is 0.380. The molecule has 7 heteroatoms. The van der Waals surface area contributed by atoms with Crippen LogP contribution in [0.2, 0.25) is 0 Å². The van der Waals surface area contributed by atoms with Crippen LogP contribution in [0.25, 0.3) is 22.2 Å². The number of carbonyl (C=O) groups excluding carboxylic acids is 1. The Balaban J connectivity index is 1.71. The Morgan fingerprint density at radius 3 is 2.21 bits per heavy atom. The van der Waals surface area contributed by atoms with E-state index in [1.54, 1.807) is 34.9 Å². The molecule has 5 rings (SSSR count). The maximum absolute atomic E-state index is 13.3. The van der Waals surface area contributed by atoms with Gasteiger partial charge in [-0.05, 0) is 30.2 Å². The molecular weight excluding hydrogens is 418 g/mol. The van der Waals surface area contributed by atoms with Gasteiger partial charge in [-0.2, -0.15) is 0 Å². The standard InChI is InChI=1S/C26H19N3O4/c30-23(17-9-5-2-6-10-17)21-22-24(28-20-15-18(26(32)33)11-12-19(20)27-22)29(25(21)31)14-13-16-7-3-1-4-8-16/h1-12,15,31H,13-14H2,(H,32,33). The minimum absolute atomic E-state index is 0.0842. The second-order valence-electron chi connectivity index (χ2n) is 7.69. The zero-order valence-corrected chi connectivity index (χ0v) is 17.5. The van der Waals surface area contributed by atoms with E-state index in [0.29, 0.717) is 35.2 Å². The van der Waals surface area contributed by atoms with Crippen LogP contribution in [-0.4, -0.2) is 36.5 Å². The number of carbonyl (C=O) groups is 2. The maximum atomic E-state index is 13.3. The molecule has 0 radical (unpaired) electrons. The molecule has 0 unspecified atom stereocenters. The van der Waals surface area contributed by atoms with E-state index in [9.17, 15) is 19.8 Å². The molecule has 0 fully saturated rings. The second-order valence-corrected chi connectivity index (χ2v) is 7.69. The van der Waals surface area contributed by atoms with Crippen molar-refractivity contribution in [3.8, 4) is 5.88 Å². The molecule has 33 heavy (non-hydrogen) atoms. The lowest BCUT2D eigenvalue weighted by Gasteiger charge is -2.07. The van der Waals surface area contributed by atoms with E-state index >= 15 is 0 Å². The van der Waals surface area contributed by atoms with E-state index in [0.717, 1.165) is 5.56 Å². The summed E-state index contributed by atoms with van der Waals surface area (Å²) in [6.45, 7) is 0.368. The van der Waals surface area contributed by atoms with Gasteiger partial charge in [-0.1, -0.05) is 60.7 Å². The van der Waals surface area contributed by atoms with Gasteiger partial charge < -0.3 is 10.2 Å². The summed E-state index contributed by atoms with van der Waals surface area (Å²) in [4.78, 5) is 33.9. The lowest BCUT2D eigenvalue weighted by molar-refractivity contribution is 0.0696. The molecule has 2 heterocycles. The number of aromatic nitrogens is 3. The van der Waals surface area contributed by atoms with Gasteiger partial charge in [-0.25, -0.2) is 14.8 Å². The number of nitrogens with zero attached hydrogens (tertiary/aromatic N) is 3. The molecule has 0 saturated heterocycles. The lowest BCUT2D eigenvalue weighted by atomic mass is 10.0. The highest BCUT2D eigenvalue weighted by atomic mass is 16.4. The number of aromatic carboxylic acids is 1. The van der Waals surface area contributed by atoms with Crippen LogP contribution in [0.15, 0.2) is 78.9 Å². The van der Waals surface area contributed by atoms with Crippen molar-refractivity contribution in [2.45, 2.75) is 13.0 Å². The van der Waals surface area contributed by atoms with Crippen molar-refractivity contribution in [2.24, 2.45) is 0 Å². The fourth-order valence-electron chi connectivity index (χ4n) is 3.92. The minimum Gasteiger partial charge on any atom is -0.494 e. The number of fused-ring (bicyclic) bond motifs is 2. The summed E-state index contributed by atoms with van der Waals surface area (Å²) in [5.74, 6) is -1.63. The molecular formula is C26H19N3O4. The Kier molecular flexibility index (Phi) is 5.06. The normalized spacial score (nSPS) is 11.2. The lowest BCUT2D eigenvalue weighted by Crippen LogP contribution is -2.04. The first-order valence-corrected chi connectivity index (χ1v) is 10.4. The van der Waals surface area contributed by atoms with Gasteiger partial charge in [0, 0.05) is 12.1 Å². The van der Waals surface area contributed by atoms with Gasteiger partial charge in [0.15, 0.2) is 5.65 Å².